The molecule has 0 saturated carbocycles. The van der Waals surface area contributed by atoms with Gasteiger partial charge in [0.1, 0.15) is 0 Å². The minimum Gasteiger partial charge on any atom is -0.395 e. The van der Waals surface area contributed by atoms with Gasteiger partial charge < -0.3 is 10.4 Å². The Hall–Kier alpha value is -1.14. The average molecular weight is 247 g/mol. The Balaban J connectivity index is 2.42. The molecule has 1 aromatic rings. The van der Waals surface area contributed by atoms with Gasteiger partial charge in [0.25, 0.3) is 0 Å². The summed E-state index contributed by atoms with van der Waals surface area (Å²) in [6.07, 6.45) is 0. The highest BCUT2D eigenvalue weighted by atomic mass is 32.2. The number of hydrogen-bond donors (Lipinski definition) is 2. The second kappa shape index (κ2) is 6.44. The van der Waals surface area contributed by atoms with Gasteiger partial charge in [-0.1, -0.05) is 0 Å². The molecule has 0 saturated heterocycles. The predicted octanol–water partition coefficient (Wildman–Crippen LogP) is 1.17. The van der Waals surface area contributed by atoms with Gasteiger partial charge in [0.05, 0.1) is 12.4 Å². The summed E-state index contributed by atoms with van der Waals surface area (Å²) in [7, 11) is 0. The summed E-state index contributed by atoms with van der Waals surface area (Å²) in [4.78, 5) is 11.6. The van der Waals surface area contributed by atoms with Crippen LogP contribution in [0.2, 0.25) is 0 Å². The summed E-state index contributed by atoms with van der Waals surface area (Å²) in [5, 5.41) is 10.9. The zero-order valence-electron chi connectivity index (χ0n) is 8.37. The summed E-state index contributed by atoms with van der Waals surface area (Å²) in [5.41, 5.74) is 0. The van der Waals surface area contributed by atoms with E-state index in [9.17, 15) is 13.6 Å². The van der Waals surface area contributed by atoms with Crippen LogP contribution in [0.25, 0.3) is 0 Å². The van der Waals surface area contributed by atoms with E-state index >= 15 is 0 Å². The molecule has 88 valence electrons. The molecule has 0 aromatic heterocycles. The molecule has 0 atom stereocenters. The van der Waals surface area contributed by atoms with Crippen molar-refractivity contribution in [2.24, 2.45) is 0 Å². The molecule has 1 rings (SSSR count). The molecule has 0 aliphatic heterocycles. The zero-order valence-corrected chi connectivity index (χ0v) is 9.19. The Kier molecular flexibility index (Phi) is 5.21. The average Bonchev–Trinajstić information content (AvgIpc) is 2.28. The van der Waals surface area contributed by atoms with Gasteiger partial charge in [-0.2, -0.15) is 0 Å². The Labute approximate surface area is 95.9 Å². The minimum atomic E-state index is -0.930. The van der Waals surface area contributed by atoms with E-state index in [-0.39, 0.29) is 24.8 Å². The molecule has 0 heterocycles. The summed E-state index contributed by atoms with van der Waals surface area (Å²) >= 11 is 1.10. The van der Waals surface area contributed by atoms with Crippen LogP contribution in [0.5, 0.6) is 0 Å². The molecule has 0 bridgehead atoms. The van der Waals surface area contributed by atoms with E-state index in [1.807, 2.05) is 0 Å². The highest BCUT2D eigenvalue weighted by molar-refractivity contribution is 8.00. The van der Waals surface area contributed by atoms with Crippen LogP contribution in [0.15, 0.2) is 23.1 Å². The van der Waals surface area contributed by atoms with Crippen LogP contribution in [0, 0.1) is 11.6 Å². The van der Waals surface area contributed by atoms with E-state index in [0.717, 1.165) is 23.9 Å². The topological polar surface area (TPSA) is 49.3 Å². The third-order valence-corrected chi connectivity index (χ3v) is 2.69. The number of carbonyl (C=O) groups is 1. The second-order valence-electron chi connectivity index (χ2n) is 2.94. The quantitative estimate of drug-likeness (QED) is 0.768. The van der Waals surface area contributed by atoms with Crippen LogP contribution in [-0.4, -0.2) is 29.9 Å². The standard InChI is InChI=1S/C10H11F2NO2S/c11-8-2-1-7(5-9(8)12)16-6-10(15)13-3-4-14/h1-2,5,14H,3-4,6H2,(H,13,15). The van der Waals surface area contributed by atoms with Crippen molar-refractivity contribution in [3.63, 3.8) is 0 Å². The third kappa shape index (κ3) is 4.16. The Morgan fingerprint density at radius 3 is 2.75 bits per heavy atom. The smallest absolute Gasteiger partial charge is 0.230 e. The lowest BCUT2D eigenvalue weighted by molar-refractivity contribution is -0.118. The normalized spacial score (nSPS) is 10.2. The number of aliphatic hydroxyl groups excluding tert-OH is 1. The molecule has 16 heavy (non-hydrogen) atoms. The first kappa shape index (κ1) is 12.9. The number of amides is 1. The number of benzene rings is 1. The number of thioether (sulfide) groups is 1. The molecular formula is C10H11F2NO2S. The highest BCUT2D eigenvalue weighted by Gasteiger charge is 2.05. The van der Waals surface area contributed by atoms with Crippen molar-refractivity contribution >= 4 is 17.7 Å². The number of aliphatic hydroxyl groups is 1. The van der Waals surface area contributed by atoms with Crippen molar-refractivity contribution in [1.29, 1.82) is 0 Å². The van der Waals surface area contributed by atoms with Crippen LogP contribution in [0.3, 0.4) is 0 Å². The Morgan fingerprint density at radius 2 is 2.12 bits per heavy atom. The molecule has 6 heteroatoms. The molecule has 0 fully saturated rings. The fraction of sp³-hybridized carbons (Fsp3) is 0.300. The van der Waals surface area contributed by atoms with E-state index in [2.05, 4.69) is 5.32 Å². The van der Waals surface area contributed by atoms with Gasteiger partial charge in [0, 0.05) is 11.4 Å². The van der Waals surface area contributed by atoms with Crippen LogP contribution < -0.4 is 5.32 Å². The van der Waals surface area contributed by atoms with Crippen molar-refractivity contribution in [1.82, 2.24) is 5.32 Å². The van der Waals surface area contributed by atoms with Crippen molar-refractivity contribution in [3.05, 3.63) is 29.8 Å². The van der Waals surface area contributed by atoms with Crippen molar-refractivity contribution < 1.29 is 18.7 Å². The molecule has 1 aromatic carbocycles. The monoisotopic (exact) mass is 247 g/mol. The van der Waals surface area contributed by atoms with Gasteiger partial charge in [-0.3, -0.25) is 4.79 Å². The van der Waals surface area contributed by atoms with Gasteiger partial charge in [-0.15, -0.1) is 11.8 Å². The van der Waals surface area contributed by atoms with E-state index in [1.165, 1.54) is 6.07 Å². The highest BCUT2D eigenvalue weighted by Crippen LogP contribution is 2.19. The SMILES string of the molecule is O=C(CSc1ccc(F)c(F)c1)NCCO. The molecule has 1 amide bonds. The number of rotatable bonds is 5. The molecule has 0 spiro atoms. The summed E-state index contributed by atoms with van der Waals surface area (Å²) in [5.74, 6) is -2.00. The molecule has 0 radical (unpaired) electrons. The zero-order chi connectivity index (χ0) is 12.0. The largest absolute Gasteiger partial charge is 0.395 e. The van der Waals surface area contributed by atoms with Crippen LogP contribution in [0.4, 0.5) is 8.78 Å². The minimum absolute atomic E-state index is 0.102. The van der Waals surface area contributed by atoms with Crippen molar-refractivity contribution in [3.8, 4) is 0 Å². The van der Waals surface area contributed by atoms with Gasteiger partial charge in [-0.05, 0) is 18.2 Å². The number of halogens is 2. The van der Waals surface area contributed by atoms with E-state index in [1.54, 1.807) is 0 Å². The maximum Gasteiger partial charge on any atom is 0.230 e. The lowest BCUT2D eigenvalue weighted by Gasteiger charge is -2.03. The van der Waals surface area contributed by atoms with Crippen LogP contribution in [0.1, 0.15) is 0 Å². The molecular weight excluding hydrogens is 236 g/mol. The predicted molar refractivity (Wildman–Crippen MR) is 57.2 cm³/mol. The van der Waals surface area contributed by atoms with Gasteiger partial charge >= 0.3 is 0 Å². The molecule has 0 unspecified atom stereocenters. The molecule has 2 N–H and O–H groups in total. The second-order valence-corrected chi connectivity index (χ2v) is 3.99. The first-order valence-electron chi connectivity index (χ1n) is 4.59. The van der Waals surface area contributed by atoms with E-state index < -0.39 is 11.6 Å². The fourth-order valence-electron chi connectivity index (χ4n) is 0.962. The maximum atomic E-state index is 12.8. The number of carbonyl (C=O) groups excluding carboxylic acids is 1. The summed E-state index contributed by atoms with van der Waals surface area (Å²) in [6.45, 7) is 0.0682. The third-order valence-electron chi connectivity index (χ3n) is 1.69. The molecule has 0 aliphatic rings. The van der Waals surface area contributed by atoms with Gasteiger partial charge in [0.2, 0.25) is 5.91 Å². The summed E-state index contributed by atoms with van der Waals surface area (Å²) < 4.78 is 25.4. The van der Waals surface area contributed by atoms with Crippen molar-refractivity contribution in [2.75, 3.05) is 18.9 Å². The van der Waals surface area contributed by atoms with Crippen LogP contribution >= 0.6 is 11.8 Å². The summed E-state index contributed by atoms with van der Waals surface area (Å²) in [6, 6.07) is 3.46. The fourth-order valence-corrected chi connectivity index (χ4v) is 1.71. The van der Waals surface area contributed by atoms with E-state index in [4.69, 9.17) is 5.11 Å². The first-order valence-corrected chi connectivity index (χ1v) is 5.57. The molecule has 0 aliphatic carbocycles. The number of hydrogen-bond acceptors (Lipinski definition) is 3. The van der Waals surface area contributed by atoms with Crippen molar-refractivity contribution in [2.45, 2.75) is 4.90 Å². The Bertz CT molecular complexity index is 374. The first-order chi connectivity index (χ1) is 7.63. The lowest BCUT2D eigenvalue weighted by Crippen LogP contribution is -2.27. The van der Waals surface area contributed by atoms with E-state index in [0.29, 0.717) is 4.90 Å². The van der Waals surface area contributed by atoms with Gasteiger partial charge in [0.15, 0.2) is 11.6 Å². The Morgan fingerprint density at radius 1 is 1.38 bits per heavy atom. The maximum absolute atomic E-state index is 12.8. The van der Waals surface area contributed by atoms with Crippen LogP contribution in [-0.2, 0) is 4.79 Å². The molecule has 3 nitrogen and oxygen atoms in total. The lowest BCUT2D eigenvalue weighted by atomic mass is 10.3. The van der Waals surface area contributed by atoms with Gasteiger partial charge in [-0.25, -0.2) is 8.78 Å². The number of nitrogens with one attached hydrogen (secondary N) is 1.